The second kappa shape index (κ2) is 11.5. The predicted octanol–water partition coefficient (Wildman–Crippen LogP) is 5.01. The Hall–Kier alpha value is -4.12. The van der Waals surface area contributed by atoms with Crippen molar-refractivity contribution in [2.45, 2.75) is 25.1 Å². The summed E-state index contributed by atoms with van der Waals surface area (Å²) in [5, 5.41) is 5.01. The minimum Gasteiger partial charge on any atom is -0.467 e. The number of hydrogen-bond donors (Lipinski definition) is 2. The summed E-state index contributed by atoms with van der Waals surface area (Å²) in [5.41, 5.74) is 0.288. The molecule has 1 aliphatic heterocycles. The van der Waals surface area contributed by atoms with Crippen molar-refractivity contribution in [1.29, 1.82) is 0 Å². The number of esters is 1. The van der Waals surface area contributed by atoms with Crippen molar-refractivity contribution in [2.75, 3.05) is 19.0 Å². The van der Waals surface area contributed by atoms with Gasteiger partial charge in [-0.05, 0) is 48.4 Å². The molecule has 8 nitrogen and oxygen atoms in total. The van der Waals surface area contributed by atoms with Gasteiger partial charge >= 0.3 is 12.1 Å². The van der Waals surface area contributed by atoms with E-state index in [-0.39, 0.29) is 18.7 Å². The lowest BCUT2D eigenvalue weighted by Crippen LogP contribution is -2.38. The highest BCUT2D eigenvalue weighted by Crippen LogP contribution is 2.36. The van der Waals surface area contributed by atoms with Gasteiger partial charge in [-0.1, -0.05) is 23.7 Å². The van der Waals surface area contributed by atoms with Gasteiger partial charge in [-0.25, -0.2) is 4.79 Å². The number of rotatable bonds is 8. The van der Waals surface area contributed by atoms with E-state index in [1.165, 1.54) is 13.2 Å². The zero-order valence-electron chi connectivity index (χ0n) is 20.0. The van der Waals surface area contributed by atoms with E-state index in [0.717, 1.165) is 17.7 Å². The highest BCUT2D eigenvalue weighted by molar-refractivity contribution is 6.31. The zero-order chi connectivity index (χ0) is 27.3. The zero-order valence-corrected chi connectivity index (χ0v) is 20.8. The molecule has 198 valence electrons. The van der Waals surface area contributed by atoms with E-state index in [0.29, 0.717) is 29.4 Å². The molecule has 0 fully saturated rings. The minimum atomic E-state index is -4.62. The quantitative estimate of drug-likeness (QED) is 0.385. The molecule has 0 bridgehead atoms. The number of nitrogens with one attached hydrogen (secondary N) is 2. The number of pyridine rings is 1. The maximum atomic E-state index is 13.0. The number of benzene rings is 2. The molecular formula is C26H22ClF3N4O4. The van der Waals surface area contributed by atoms with Crippen molar-refractivity contribution in [2.24, 2.45) is 4.99 Å². The number of hydrogen-bond acceptors (Lipinski definition) is 7. The summed E-state index contributed by atoms with van der Waals surface area (Å²) in [7, 11) is 1.31. The summed E-state index contributed by atoms with van der Waals surface area (Å²) in [4.78, 5) is 32.6. The van der Waals surface area contributed by atoms with Crippen LogP contribution in [0.1, 0.15) is 23.2 Å². The lowest BCUT2D eigenvalue weighted by atomic mass is 10.1. The summed E-state index contributed by atoms with van der Waals surface area (Å²) < 4.78 is 49.8. The summed E-state index contributed by atoms with van der Waals surface area (Å²) in [6.07, 6.45) is -2.70. The number of nitrogens with zero attached hydrogens (tertiary/aromatic N) is 2. The van der Waals surface area contributed by atoms with Gasteiger partial charge < -0.3 is 20.1 Å². The molecule has 0 saturated carbocycles. The van der Waals surface area contributed by atoms with E-state index in [1.807, 2.05) is 6.07 Å². The van der Waals surface area contributed by atoms with Crippen LogP contribution in [-0.2, 0) is 26.9 Å². The number of methoxy groups -OCH3 is 1. The Morgan fingerprint density at radius 3 is 2.68 bits per heavy atom. The van der Waals surface area contributed by atoms with Crippen LogP contribution in [0.25, 0.3) is 0 Å². The Bertz CT molecular complexity index is 1380. The lowest BCUT2D eigenvalue weighted by molar-refractivity contribution is -0.142. The van der Waals surface area contributed by atoms with Gasteiger partial charge in [0.1, 0.15) is 29.1 Å². The van der Waals surface area contributed by atoms with Crippen molar-refractivity contribution in [3.63, 3.8) is 0 Å². The van der Waals surface area contributed by atoms with Crippen LogP contribution in [0.15, 0.2) is 65.8 Å². The van der Waals surface area contributed by atoms with Crippen molar-refractivity contribution in [1.82, 2.24) is 10.3 Å². The van der Waals surface area contributed by atoms with Gasteiger partial charge in [0.2, 0.25) is 5.91 Å². The fourth-order valence-corrected chi connectivity index (χ4v) is 3.90. The first kappa shape index (κ1) is 26.9. The number of amides is 1. The second-order valence-corrected chi connectivity index (χ2v) is 8.68. The molecule has 0 radical (unpaired) electrons. The largest absolute Gasteiger partial charge is 0.467 e. The molecule has 0 aliphatic carbocycles. The Kier molecular flexibility index (Phi) is 8.16. The molecule has 2 N–H and O–H groups in total. The van der Waals surface area contributed by atoms with Crippen molar-refractivity contribution >= 4 is 35.0 Å². The summed E-state index contributed by atoms with van der Waals surface area (Å²) in [5.74, 6) is 0.593. The number of aromatic nitrogens is 1. The third-order valence-corrected chi connectivity index (χ3v) is 5.86. The smallest absolute Gasteiger partial charge is 0.417 e. The molecule has 1 aromatic heterocycles. The van der Waals surface area contributed by atoms with E-state index < -0.39 is 34.7 Å². The number of alkyl halides is 3. The van der Waals surface area contributed by atoms with Crippen molar-refractivity contribution in [3.05, 3.63) is 82.6 Å². The number of carbonyl (C=O) groups is 2. The van der Waals surface area contributed by atoms with Crippen molar-refractivity contribution in [3.8, 4) is 11.5 Å². The molecule has 1 atom stereocenters. The standard InChI is InChI=1S/C26H22ClF3N4O4/c1-37-25(36)22-14-32-24(34-22)21-13-18(9-10-31-21)38-17-4-2-3-15(11-17)5-8-23(35)33-16-6-7-20(27)19(12-16)26(28,29)30/h2-4,6-7,9-13,22H,5,8,14H2,1H3,(H,32,34)(H,33,35). The van der Waals surface area contributed by atoms with E-state index in [9.17, 15) is 22.8 Å². The number of carbonyl (C=O) groups excluding carboxylic acids is 2. The Labute approximate surface area is 220 Å². The topological polar surface area (TPSA) is 102 Å². The third kappa shape index (κ3) is 6.80. The number of aliphatic imine (C=N–C) groups is 1. The first-order valence-electron chi connectivity index (χ1n) is 11.4. The molecule has 12 heteroatoms. The van der Waals surface area contributed by atoms with Gasteiger partial charge in [-0.15, -0.1) is 0 Å². The fraction of sp³-hybridized carbons (Fsp3) is 0.231. The highest BCUT2D eigenvalue weighted by Gasteiger charge is 2.33. The summed E-state index contributed by atoms with van der Waals surface area (Å²) >= 11 is 5.62. The van der Waals surface area contributed by atoms with Gasteiger partial charge in [0.05, 0.1) is 24.2 Å². The normalized spacial score (nSPS) is 14.9. The average molecular weight is 547 g/mol. The molecule has 0 saturated heterocycles. The van der Waals surface area contributed by atoms with Gasteiger partial charge in [0, 0.05) is 24.4 Å². The number of anilines is 1. The molecule has 2 aromatic carbocycles. The Balaban J connectivity index is 1.35. The number of amidine groups is 1. The molecule has 1 amide bonds. The molecule has 2 heterocycles. The SMILES string of the molecule is COC(=O)C1CN=C(c2cc(Oc3cccc(CCC(=O)Nc4ccc(Cl)c(C(F)(F)F)c4)c3)ccn2)N1. The van der Waals surface area contributed by atoms with Crippen LogP contribution in [-0.4, -0.2) is 42.4 Å². The van der Waals surface area contributed by atoms with Crippen LogP contribution in [0.2, 0.25) is 5.02 Å². The number of halogens is 4. The summed E-state index contributed by atoms with van der Waals surface area (Å²) in [6.45, 7) is 0.242. The monoisotopic (exact) mass is 546 g/mol. The highest BCUT2D eigenvalue weighted by atomic mass is 35.5. The minimum absolute atomic E-state index is 0.0107. The van der Waals surface area contributed by atoms with Gasteiger partial charge in [-0.3, -0.25) is 14.8 Å². The molecule has 0 spiro atoms. The van der Waals surface area contributed by atoms with Crippen LogP contribution in [0.4, 0.5) is 18.9 Å². The van der Waals surface area contributed by atoms with Gasteiger partial charge in [0.25, 0.3) is 0 Å². The Morgan fingerprint density at radius 1 is 1.13 bits per heavy atom. The van der Waals surface area contributed by atoms with E-state index in [2.05, 4.69) is 20.6 Å². The van der Waals surface area contributed by atoms with Crippen LogP contribution < -0.4 is 15.4 Å². The van der Waals surface area contributed by atoms with Crippen LogP contribution in [0.3, 0.4) is 0 Å². The van der Waals surface area contributed by atoms with Crippen LogP contribution in [0, 0.1) is 0 Å². The van der Waals surface area contributed by atoms with Crippen LogP contribution in [0.5, 0.6) is 11.5 Å². The molecule has 1 aliphatic rings. The van der Waals surface area contributed by atoms with Gasteiger partial charge in [0.15, 0.2) is 0 Å². The van der Waals surface area contributed by atoms with E-state index in [1.54, 1.807) is 36.5 Å². The fourth-order valence-electron chi connectivity index (χ4n) is 3.68. The maximum absolute atomic E-state index is 13.0. The molecule has 38 heavy (non-hydrogen) atoms. The second-order valence-electron chi connectivity index (χ2n) is 8.28. The Morgan fingerprint density at radius 2 is 1.92 bits per heavy atom. The third-order valence-electron chi connectivity index (χ3n) is 5.53. The lowest BCUT2D eigenvalue weighted by Gasteiger charge is -2.12. The molecular weight excluding hydrogens is 525 g/mol. The van der Waals surface area contributed by atoms with E-state index in [4.69, 9.17) is 21.1 Å². The number of aryl methyl sites for hydroxylation is 1. The first-order chi connectivity index (χ1) is 18.1. The molecule has 4 rings (SSSR count). The average Bonchev–Trinajstić information content (AvgIpc) is 3.38. The summed E-state index contributed by atoms with van der Waals surface area (Å²) in [6, 6.07) is 13.1. The molecule has 3 aromatic rings. The van der Waals surface area contributed by atoms with Crippen molar-refractivity contribution < 1.29 is 32.2 Å². The van der Waals surface area contributed by atoms with Crippen LogP contribution >= 0.6 is 11.6 Å². The first-order valence-corrected chi connectivity index (χ1v) is 11.8. The molecule has 1 unspecified atom stereocenters. The van der Waals surface area contributed by atoms with Gasteiger partial charge in [-0.2, -0.15) is 13.2 Å². The maximum Gasteiger partial charge on any atom is 0.417 e. The van der Waals surface area contributed by atoms with E-state index >= 15 is 0 Å². The predicted molar refractivity (Wildman–Crippen MR) is 135 cm³/mol. The number of ether oxygens (including phenoxy) is 2.